The lowest BCUT2D eigenvalue weighted by Crippen LogP contribution is -2.33. The van der Waals surface area contributed by atoms with Gasteiger partial charge in [0.25, 0.3) is 0 Å². The van der Waals surface area contributed by atoms with Gasteiger partial charge in [-0.1, -0.05) is 0 Å². The summed E-state index contributed by atoms with van der Waals surface area (Å²) in [5.74, 6) is 0.896. The van der Waals surface area contributed by atoms with E-state index in [0.717, 1.165) is 5.56 Å². The number of hydrogen-bond acceptors (Lipinski definition) is 11. The molecule has 0 radical (unpaired) electrons. The maximum Gasteiger partial charge on any atom is 0.200 e. The molecule has 0 amide bonds. The number of ether oxygens (including phenoxy) is 3. The summed E-state index contributed by atoms with van der Waals surface area (Å²) in [6, 6.07) is 3.34. The average molecular weight is 433 g/mol. The van der Waals surface area contributed by atoms with Crippen LogP contribution in [0.5, 0.6) is 17.2 Å². The average Bonchev–Trinajstić information content (AvgIpc) is 3.34. The maximum absolute atomic E-state index is 10.3. The molecule has 4 rings (SSSR count). The molecule has 1 saturated heterocycles. The molecule has 5 N–H and O–H groups in total. The monoisotopic (exact) mass is 433 g/mol. The number of nitrogens with zero attached hydrogens (tertiary/aromatic N) is 4. The Labute approximate surface area is 176 Å². The lowest BCUT2D eigenvalue weighted by atomic mass is 10.1. The van der Waals surface area contributed by atoms with Crippen molar-refractivity contribution in [2.24, 2.45) is 0 Å². The largest absolute Gasteiger partial charge is 0.502 e. The predicted octanol–water partition coefficient (Wildman–Crippen LogP) is -0.227. The van der Waals surface area contributed by atoms with E-state index in [1.807, 2.05) is 0 Å². The van der Waals surface area contributed by atoms with Crippen LogP contribution in [-0.2, 0) is 11.3 Å². The Hall–Kier alpha value is -3.19. The minimum Gasteiger partial charge on any atom is -0.502 e. The molecule has 2 aromatic heterocycles. The second kappa shape index (κ2) is 8.51. The van der Waals surface area contributed by atoms with Crippen LogP contribution in [-0.4, -0.2) is 79.1 Å². The van der Waals surface area contributed by atoms with Gasteiger partial charge in [0.15, 0.2) is 34.7 Å². The van der Waals surface area contributed by atoms with Gasteiger partial charge >= 0.3 is 0 Å². The van der Waals surface area contributed by atoms with E-state index in [9.17, 15) is 20.4 Å². The van der Waals surface area contributed by atoms with E-state index in [4.69, 9.17) is 14.2 Å². The standard InChI is InChI=1S/C19H23N5O7/c1-29-10-3-9(4-11(30-2)14(10)26)5-20-17-13-18(22-7-21-17)24(8-23-13)19-16(28)15(27)12(6-25)31-19/h3-4,7-8,12,15-16,19,25-28H,5-6H2,1-2H3,(H,20,21,22). The zero-order valence-electron chi connectivity index (χ0n) is 16.8. The normalized spacial score (nSPS) is 23.3. The minimum absolute atomic E-state index is 0.0876. The molecule has 166 valence electrons. The third kappa shape index (κ3) is 3.70. The first-order valence-electron chi connectivity index (χ1n) is 9.46. The van der Waals surface area contributed by atoms with E-state index in [1.165, 1.54) is 31.4 Å². The van der Waals surface area contributed by atoms with E-state index in [2.05, 4.69) is 20.3 Å². The number of methoxy groups -OCH3 is 2. The number of benzene rings is 1. The van der Waals surface area contributed by atoms with Crippen LogP contribution in [0.4, 0.5) is 5.82 Å². The fourth-order valence-electron chi connectivity index (χ4n) is 3.51. The van der Waals surface area contributed by atoms with Crippen molar-refractivity contribution >= 4 is 17.0 Å². The summed E-state index contributed by atoms with van der Waals surface area (Å²) in [5.41, 5.74) is 1.58. The Morgan fingerprint density at radius 3 is 2.42 bits per heavy atom. The van der Waals surface area contributed by atoms with Gasteiger partial charge in [-0.2, -0.15) is 0 Å². The predicted molar refractivity (Wildman–Crippen MR) is 107 cm³/mol. The third-order valence-corrected chi connectivity index (χ3v) is 5.15. The van der Waals surface area contributed by atoms with Crippen molar-refractivity contribution in [3.8, 4) is 17.2 Å². The fourth-order valence-corrected chi connectivity index (χ4v) is 3.51. The van der Waals surface area contributed by atoms with E-state index >= 15 is 0 Å². The van der Waals surface area contributed by atoms with Crippen molar-refractivity contribution in [2.75, 3.05) is 26.1 Å². The van der Waals surface area contributed by atoms with E-state index < -0.39 is 31.1 Å². The summed E-state index contributed by atoms with van der Waals surface area (Å²) in [6.07, 6.45) is -1.58. The molecule has 4 atom stereocenters. The van der Waals surface area contributed by atoms with Crippen LogP contribution in [0.1, 0.15) is 11.8 Å². The summed E-state index contributed by atoms with van der Waals surface area (Å²) in [6.45, 7) is -0.109. The summed E-state index contributed by atoms with van der Waals surface area (Å²) in [7, 11) is 2.90. The number of anilines is 1. The molecule has 0 saturated carbocycles. The summed E-state index contributed by atoms with van der Waals surface area (Å²) >= 11 is 0. The molecular formula is C19H23N5O7. The van der Waals surface area contributed by atoms with Crippen molar-refractivity contribution in [1.82, 2.24) is 19.5 Å². The SMILES string of the molecule is COc1cc(CNc2ncnc3c2ncn3C2OC(CO)C(O)C2O)cc(OC)c1O. The van der Waals surface area contributed by atoms with Gasteiger partial charge in [-0.15, -0.1) is 0 Å². The highest BCUT2D eigenvalue weighted by Crippen LogP contribution is 2.37. The van der Waals surface area contributed by atoms with Gasteiger partial charge in [-0.05, 0) is 17.7 Å². The van der Waals surface area contributed by atoms with Gasteiger partial charge in [0, 0.05) is 6.54 Å². The Morgan fingerprint density at radius 2 is 1.81 bits per heavy atom. The van der Waals surface area contributed by atoms with Crippen molar-refractivity contribution in [1.29, 1.82) is 0 Å². The number of hydrogen-bond donors (Lipinski definition) is 5. The quantitative estimate of drug-likeness (QED) is 0.334. The molecule has 3 aromatic rings. The number of aromatic nitrogens is 4. The molecule has 1 aliphatic heterocycles. The second-order valence-electron chi connectivity index (χ2n) is 6.98. The van der Waals surface area contributed by atoms with Gasteiger partial charge in [-0.3, -0.25) is 4.57 Å². The van der Waals surface area contributed by atoms with Crippen LogP contribution in [0.2, 0.25) is 0 Å². The van der Waals surface area contributed by atoms with Crippen molar-refractivity contribution < 1.29 is 34.6 Å². The van der Waals surface area contributed by atoms with E-state index in [0.29, 0.717) is 23.5 Å². The number of fused-ring (bicyclic) bond motifs is 1. The Morgan fingerprint density at radius 1 is 1.10 bits per heavy atom. The molecule has 4 unspecified atom stereocenters. The first kappa shape index (κ1) is 21.1. The van der Waals surface area contributed by atoms with Gasteiger partial charge in [0.05, 0.1) is 27.2 Å². The van der Waals surface area contributed by atoms with Crippen molar-refractivity contribution in [3.05, 3.63) is 30.4 Å². The number of phenols is 1. The summed E-state index contributed by atoms with van der Waals surface area (Å²) < 4.78 is 17.4. The molecule has 0 aliphatic carbocycles. The Kier molecular flexibility index (Phi) is 5.78. The minimum atomic E-state index is -1.25. The van der Waals surface area contributed by atoms with Crippen LogP contribution in [0, 0.1) is 0 Å². The number of nitrogens with one attached hydrogen (secondary N) is 1. The van der Waals surface area contributed by atoms with Crippen LogP contribution in [0.15, 0.2) is 24.8 Å². The molecule has 3 heterocycles. The topological polar surface area (TPSA) is 164 Å². The number of imidazole rings is 1. The first-order valence-corrected chi connectivity index (χ1v) is 9.46. The zero-order valence-corrected chi connectivity index (χ0v) is 16.8. The maximum atomic E-state index is 10.3. The summed E-state index contributed by atoms with van der Waals surface area (Å²) in [4.78, 5) is 12.8. The molecule has 12 heteroatoms. The summed E-state index contributed by atoms with van der Waals surface area (Å²) in [5, 5.41) is 42.8. The highest BCUT2D eigenvalue weighted by molar-refractivity contribution is 5.82. The van der Waals surface area contributed by atoms with Gasteiger partial charge in [-0.25, -0.2) is 15.0 Å². The molecule has 31 heavy (non-hydrogen) atoms. The zero-order chi connectivity index (χ0) is 22.1. The van der Waals surface area contributed by atoms with Crippen molar-refractivity contribution in [2.45, 2.75) is 31.1 Å². The smallest absolute Gasteiger partial charge is 0.200 e. The molecule has 1 fully saturated rings. The lowest BCUT2D eigenvalue weighted by molar-refractivity contribution is -0.0511. The number of rotatable bonds is 7. The fraction of sp³-hybridized carbons (Fsp3) is 0.421. The lowest BCUT2D eigenvalue weighted by Gasteiger charge is -2.16. The van der Waals surface area contributed by atoms with Crippen LogP contribution < -0.4 is 14.8 Å². The van der Waals surface area contributed by atoms with Crippen molar-refractivity contribution in [3.63, 3.8) is 0 Å². The molecular weight excluding hydrogens is 410 g/mol. The van der Waals surface area contributed by atoms with Gasteiger partial charge in [0.1, 0.15) is 24.6 Å². The first-order chi connectivity index (χ1) is 15.0. The third-order valence-electron chi connectivity index (χ3n) is 5.15. The number of aliphatic hydroxyl groups is 3. The highest BCUT2D eigenvalue weighted by Gasteiger charge is 2.44. The van der Waals surface area contributed by atoms with Crippen LogP contribution in [0.3, 0.4) is 0 Å². The number of phenolic OH excluding ortho intramolecular Hbond substituents is 1. The molecule has 1 aromatic carbocycles. The van der Waals surface area contributed by atoms with Gasteiger partial charge in [0.2, 0.25) is 5.75 Å². The molecule has 0 spiro atoms. The molecule has 12 nitrogen and oxygen atoms in total. The molecule has 0 bridgehead atoms. The number of aliphatic hydroxyl groups excluding tert-OH is 3. The van der Waals surface area contributed by atoms with E-state index in [-0.39, 0.29) is 17.2 Å². The Bertz CT molecular complexity index is 1050. The highest BCUT2D eigenvalue weighted by atomic mass is 16.6. The van der Waals surface area contributed by atoms with Crippen LogP contribution in [0.25, 0.3) is 11.2 Å². The second-order valence-corrected chi connectivity index (χ2v) is 6.98. The molecule has 1 aliphatic rings. The number of aromatic hydroxyl groups is 1. The van der Waals surface area contributed by atoms with Gasteiger partial charge < -0.3 is 40.0 Å². The van der Waals surface area contributed by atoms with Crippen LogP contribution >= 0.6 is 0 Å². The Balaban J connectivity index is 1.60. The van der Waals surface area contributed by atoms with E-state index in [1.54, 1.807) is 12.1 Å².